The first kappa shape index (κ1) is 19.0. The second-order valence-electron chi connectivity index (χ2n) is 5.02. The minimum Gasteiger partial charge on any atom is -0.468 e. The van der Waals surface area contributed by atoms with Gasteiger partial charge in [0.25, 0.3) is 5.69 Å². The van der Waals surface area contributed by atoms with E-state index in [4.69, 9.17) is 17.5 Å². The molecule has 0 bridgehead atoms. The van der Waals surface area contributed by atoms with Gasteiger partial charge in [0.15, 0.2) is 0 Å². The summed E-state index contributed by atoms with van der Waals surface area (Å²) in [7, 11) is -0.254. The number of benzene rings is 1. The van der Waals surface area contributed by atoms with Crippen molar-refractivity contribution in [3.05, 3.63) is 52.1 Å². The average Bonchev–Trinajstić information content (AvgIpc) is 2.94. The largest absolute Gasteiger partial charge is 0.468 e. The van der Waals surface area contributed by atoms with Gasteiger partial charge in [0, 0.05) is 35.2 Å². The molecule has 1 heterocycles. The van der Waals surface area contributed by atoms with Crippen LogP contribution in [0.3, 0.4) is 0 Å². The molecule has 134 valence electrons. The van der Waals surface area contributed by atoms with Gasteiger partial charge < -0.3 is 10.5 Å². The number of halogens is 1. The molecule has 0 saturated carbocycles. The molecule has 0 aliphatic heterocycles. The number of hydrogen-bond acceptors (Lipinski definition) is 7. The number of non-ortho nitro benzene ring substituents is 1. The molecule has 0 aliphatic carbocycles. The monoisotopic (exact) mass is 386 g/mol. The van der Waals surface area contributed by atoms with Gasteiger partial charge in [-0.25, -0.2) is 9.07 Å². The van der Waals surface area contributed by atoms with Gasteiger partial charge in [-0.1, -0.05) is 0 Å². The second-order valence-corrected chi connectivity index (χ2v) is 6.81. The Balaban J connectivity index is 2.09. The fraction of sp³-hybridized carbons (Fsp3) is 0.286. The summed E-state index contributed by atoms with van der Waals surface area (Å²) >= 11 is 6.14. The molecule has 25 heavy (non-hydrogen) atoms. The lowest BCUT2D eigenvalue weighted by atomic mass is 10.2. The van der Waals surface area contributed by atoms with E-state index < -0.39 is 27.7 Å². The lowest BCUT2D eigenvalue weighted by Crippen LogP contribution is -2.34. The molecular formula is C14H15ClN4O5S. The van der Waals surface area contributed by atoms with Crippen molar-refractivity contribution in [1.82, 2.24) is 9.07 Å². The zero-order valence-electron chi connectivity index (χ0n) is 13.1. The van der Waals surface area contributed by atoms with Gasteiger partial charge in [-0.15, -0.1) is 0 Å². The highest BCUT2D eigenvalue weighted by Crippen LogP contribution is 2.18. The van der Waals surface area contributed by atoms with Gasteiger partial charge in [0.1, 0.15) is 11.9 Å². The number of rotatable bonds is 7. The number of imidazole rings is 1. The van der Waals surface area contributed by atoms with Crippen molar-refractivity contribution in [2.75, 3.05) is 7.11 Å². The third-order valence-electron chi connectivity index (χ3n) is 3.34. The van der Waals surface area contributed by atoms with Gasteiger partial charge >= 0.3 is 5.97 Å². The van der Waals surface area contributed by atoms with E-state index in [0.29, 0.717) is 16.4 Å². The van der Waals surface area contributed by atoms with Gasteiger partial charge in [0.2, 0.25) is 0 Å². The predicted molar refractivity (Wildman–Crippen MR) is 90.4 cm³/mol. The van der Waals surface area contributed by atoms with Crippen molar-refractivity contribution in [2.45, 2.75) is 23.1 Å². The summed E-state index contributed by atoms with van der Waals surface area (Å²) in [5.74, 6) is -0.242. The van der Waals surface area contributed by atoms with Crippen LogP contribution in [0.2, 0.25) is 0 Å². The van der Waals surface area contributed by atoms with Crippen LogP contribution in [0.5, 0.6) is 0 Å². The lowest BCUT2D eigenvalue weighted by Gasteiger charge is -2.09. The van der Waals surface area contributed by atoms with Crippen molar-refractivity contribution in [3.8, 4) is 0 Å². The van der Waals surface area contributed by atoms with Gasteiger partial charge in [-0.05, 0) is 12.1 Å². The number of carbonyl (C=O) groups excluding carboxylic acids is 1. The molecular weight excluding hydrogens is 372 g/mol. The molecule has 0 amide bonds. The number of nitro benzene ring substituents is 1. The number of nitrogens with zero attached hydrogens (tertiary/aromatic N) is 3. The highest BCUT2D eigenvalue weighted by molar-refractivity contribution is 7.84. The summed E-state index contributed by atoms with van der Waals surface area (Å²) in [5.41, 5.74) is 6.08. The fourth-order valence-electron chi connectivity index (χ4n) is 2.02. The maximum Gasteiger partial charge on any atom is 0.323 e. The lowest BCUT2D eigenvalue weighted by molar-refractivity contribution is -0.384. The Kier molecular flexibility index (Phi) is 6.23. The molecule has 0 aliphatic rings. The molecule has 9 nitrogen and oxygen atoms in total. The quantitative estimate of drug-likeness (QED) is 0.429. The SMILES string of the molecule is COC(=O)[C@@H](N)Cc1cnc(CS(=O)c2ccc([N+](=O)[O-])cc2)n1Cl. The van der Waals surface area contributed by atoms with Crippen LogP contribution >= 0.6 is 11.8 Å². The first-order valence-electron chi connectivity index (χ1n) is 7.01. The van der Waals surface area contributed by atoms with E-state index in [1.54, 1.807) is 0 Å². The number of aromatic nitrogens is 2. The van der Waals surface area contributed by atoms with E-state index in [1.165, 1.54) is 41.7 Å². The summed E-state index contributed by atoms with van der Waals surface area (Å²) in [4.78, 5) is 26.0. The number of nitrogens with two attached hydrogens (primary N) is 1. The Morgan fingerprint density at radius 1 is 1.48 bits per heavy atom. The number of nitro groups is 1. The van der Waals surface area contributed by atoms with Crippen LogP contribution in [0.1, 0.15) is 11.5 Å². The summed E-state index contributed by atoms with van der Waals surface area (Å²) in [5, 5.41) is 10.6. The van der Waals surface area contributed by atoms with E-state index in [9.17, 15) is 19.1 Å². The number of carbonyl (C=O) groups is 1. The Morgan fingerprint density at radius 2 is 2.12 bits per heavy atom. The number of methoxy groups -OCH3 is 1. The van der Waals surface area contributed by atoms with Crippen molar-refractivity contribution >= 4 is 34.2 Å². The molecule has 0 saturated heterocycles. The zero-order chi connectivity index (χ0) is 18.6. The van der Waals surface area contributed by atoms with Crippen LogP contribution in [-0.4, -0.2) is 37.3 Å². The molecule has 11 heteroatoms. The van der Waals surface area contributed by atoms with Crippen LogP contribution in [0, 0.1) is 10.1 Å². The summed E-state index contributed by atoms with van der Waals surface area (Å²) in [6.45, 7) is 0. The second kappa shape index (κ2) is 8.19. The molecule has 1 aromatic carbocycles. The summed E-state index contributed by atoms with van der Waals surface area (Å²) < 4.78 is 18.1. The van der Waals surface area contributed by atoms with E-state index >= 15 is 0 Å². The highest BCUT2D eigenvalue weighted by atomic mass is 35.5. The highest BCUT2D eigenvalue weighted by Gasteiger charge is 2.19. The number of ether oxygens (including phenoxy) is 1. The standard InChI is InChI=1S/C14H15ClN4O5S/c1-24-14(20)12(16)6-10-7-17-13(18(10)15)8-25(23)11-4-2-9(3-5-11)19(21)22/h2-5,7,12H,6,8,16H2,1H3/t12-,25?/m0/s1. The van der Waals surface area contributed by atoms with Crippen LogP contribution in [-0.2, 0) is 32.5 Å². The van der Waals surface area contributed by atoms with E-state index in [0.717, 1.165) is 0 Å². The van der Waals surface area contributed by atoms with E-state index in [1.807, 2.05) is 0 Å². The first-order chi connectivity index (χ1) is 11.8. The van der Waals surface area contributed by atoms with Crippen LogP contribution in [0.4, 0.5) is 5.69 Å². The van der Waals surface area contributed by atoms with Crippen molar-refractivity contribution in [2.24, 2.45) is 5.73 Å². The predicted octanol–water partition coefficient (Wildman–Crippen LogP) is 1.14. The molecule has 2 N–H and O–H groups in total. The third kappa shape index (κ3) is 4.62. The zero-order valence-corrected chi connectivity index (χ0v) is 14.7. The first-order valence-corrected chi connectivity index (χ1v) is 8.67. The minimum absolute atomic E-state index is 0.00870. The maximum atomic E-state index is 12.4. The van der Waals surface area contributed by atoms with E-state index in [-0.39, 0.29) is 17.9 Å². The summed E-state index contributed by atoms with van der Waals surface area (Å²) in [6, 6.07) is 4.52. The molecule has 2 aromatic rings. The fourth-order valence-corrected chi connectivity index (χ4v) is 3.35. The van der Waals surface area contributed by atoms with Gasteiger partial charge in [-0.3, -0.25) is 19.1 Å². The molecule has 0 fully saturated rings. The minimum atomic E-state index is -1.49. The Labute approximate surface area is 150 Å². The molecule has 1 aromatic heterocycles. The Hall–Kier alpha value is -2.30. The smallest absolute Gasteiger partial charge is 0.323 e. The molecule has 1 unspecified atom stereocenters. The van der Waals surface area contributed by atoms with Gasteiger partial charge in [-0.2, -0.15) is 0 Å². The van der Waals surface area contributed by atoms with Crippen molar-refractivity contribution < 1.29 is 18.7 Å². The summed E-state index contributed by atoms with van der Waals surface area (Å²) in [6.07, 6.45) is 1.56. The normalized spacial score (nSPS) is 13.2. The topological polar surface area (TPSA) is 130 Å². The molecule has 0 spiro atoms. The van der Waals surface area contributed by atoms with Crippen molar-refractivity contribution in [3.63, 3.8) is 0 Å². The van der Waals surface area contributed by atoms with Crippen LogP contribution in [0.25, 0.3) is 0 Å². The maximum absolute atomic E-state index is 12.4. The molecule has 2 rings (SSSR count). The number of esters is 1. The van der Waals surface area contributed by atoms with Gasteiger partial charge in [0.05, 0.1) is 40.5 Å². The van der Waals surface area contributed by atoms with Crippen molar-refractivity contribution in [1.29, 1.82) is 0 Å². The average molecular weight is 387 g/mol. The Morgan fingerprint density at radius 3 is 2.68 bits per heavy atom. The Bertz CT molecular complexity index is 808. The van der Waals surface area contributed by atoms with Crippen LogP contribution < -0.4 is 5.73 Å². The van der Waals surface area contributed by atoms with E-state index in [2.05, 4.69) is 9.72 Å². The number of hydrogen-bond donors (Lipinski definition) is 1. The third-order valence-corrected chi connectivity index (χ3v) is 5.08. The molecule has 2 atom stereocenters. The van der Waals surface area contributed by atoms with Crippen LogP contribution in [0.15, 0.2) is 35.4 Å². The molecule has 0 radical (unpaired) electrons.